The van der Waals surface area contributed by atoms with E-state index in [0.717, 1.165) is 18.2 Å². The molecule has 0 saturated carbocycles. The number of aliphatic hydroxyl groups excluding tert-OH is 1. The minimum atomic E-state index is -0.620. The molecule has 0 aliphatic carbocycles. The standard InChI is InChI=1S/C11H14N2O5/c1-7(14)2-5-11(16)12-9-6-8(13(17)18)3-4-10(9)15/h3-4,6-7,14-15H,2,5H2,1H3,(H,12,16). The van der Waals surface area contributed by atoms with Crippen molar-refractivity contribution >= 4 is 17.3 Å². The number of hydrogen-bond donors (Lipinski definition) is 3. The summed E-state index contributed by atoms with van der Waals surface area (Å²) in [5.74, 6) is -0.669. The number of carbonyl (C=O) groups excluding carboxylic acids is 1. The highest BCUT2D eigenvalue weighted by Gasteiger charge is 2.12. The van der Waals surface area contributed by atoms with Gasteiger partial charge in [0, 0.05) is 18.6 Å². The van der Waals surface area contributed by atoms with Crippen molar-refractivity contribution < 1.29 is 19.9 Å². The van der Waals surface area contributed by atoms with E-state index in [1.165, 1.54) is 0 Å². The predicted octanol–water partition coefficient (Wildman–Crippen LogP) is 1.40. The van der Waals surface area contributed by atoms with Crippen molar-refractivity contribution in [3.05, 3.63) is 28.3 Å². The lowest BCUT2D eigenvalue weighted by Gasteiger charge is -2.08. The molecule has 0 aliphatic heterocycles. The third-order valence-electron chi connectivity index (χ3n) is 2.25. The molecule has 7 heteroatoms. The number of benzene rings is 1. The van der Waals surface area contributed by atoms with E-state index in [4.69, 9.17) is 5.11 Å². The van der Waals surface area contributed by atoms with Gasteiger partial charge in [-0.1, -0.05) is 0 Å². The van der Waals surface area contributed by atoms with Crippen LogP contribution in [0.3, 0.4) is 0 Å². The maximum Gasteiger partial charge on any atom is 0.271 e. The van der Waals surface area contributed by atoms with Crippen LogP contribution in [0.15, 0.2) is 18.2 Å². The van der Waals surface area contributed by atoms with Crippen LogP contribution in [0.25, 0.3) is 0 Å². The highest BCUT2D eigenvalue weighted by Crippen LogP contribution is 2.27. The molecule has 0 saturated heterocycles. The number of rotatable bonds is 5. The molecule has 1 rings (SSSR count). The fourth-order valence-corrected chi connectivity index (χ4v) is 1.29. The normalized spacial score (nSPS) is 11.9. The van der Waals surface area contributed by atoms with Gasteiger partial charge in [-0.15, -0.1) is 0 Å². The number of amides is 1. The molecule has 0 aliphatic rings. The number of anilines is 1. The molecule has 1 amide bonds. The summed E-state index contributed by atoms with van der Waals surface area (Å²) >= 11 is 0. The summed E-state index contributed by atoms with van der Waals surface area (Å²) in [5, 5.41) is 31.4. The second-order valence-electron chi connectivity index (χ2n) is 3.89. The van der Waals surface area contributed by atoms with Gasteiger partial charge in [0.1, 0.15) is 5.75 Å². The molecular weight excluding hydrogens is 240 g/mol. The van der Waals surface area contributed by atoms with Gasteiger partial charge in [-0.25, -0.2) is 0 Å². The Balaban J connectivity index is 2.74. The van der Waals surface area contributed by atoms with Gasteiger partial charge < -0.3 is 15.5 Å². The van der Waals surface area contributed by atoms with E-state index in [9.17, 15) is 20.0 Å². The average molecular weight is 254 g/mol. The first-order chi connectivity index (χ1) is 8.40. The monoisotopic (exact) mass is 254 g/mol. The van der Waals surface area contributed by atoms with Crippen molar-refractivity contribution in [2.75, 3.05) is 5.32 Å². The number of carbonyl (C=O) groups is 1. The van der Waals surface area contributed by atoms with Crippen LogP contribution in [-0.4, -0.2) is 27.1 Å². The van der Waals surface area contributed by atoms with Crippen molar-refractivity contribution in [1.29, 1.82) is 0 Å². The summed E-state index contributed by atoms with van der Waals surface area (Å²) in [7, 11) is 0. The van der Waals surface area contributed by atoms with Crippen LogP contribution in [0, 0.1) is 10.1 Å². The number of nitro benzene ring substituents is 1. The van der Waals surface area contributed by atoms with Crippen LogP contribution in [0.1, 0.15) is 19.8 Å². The summed E-state index contributed by atoms with van der Waals surface area (Å²) in [6.45, 7) is 1.55. The van der Waals surface area contributed by atoms with Gasteiger partial charge in [-0.2, -0.15) is 0 Å². The number of hydrogen-bond acceptors (Lipinski definition) is 5. The van der Waals surface area contributed by atoms with E-state index in [1.807, 2.05) is 0 Å². The van der Waals surface area contributed by atoms with E-state index in [1.54, 1.807) is 6.92 Å². The summed E-state index contributed by atoms with van der Waals surface area (Å²) in [4.78, 5) is 21.4. The van der Waals surface area contributed by atoms with Crippen LogP contribution in [-0.2, 0) is 4.79 Å². The molecule has 1 atom stereocenters. The minimum Gasteiger partial charge on any atom is -0.506 e. The van der Waals surface area contributed by atoms with Crippen molar-refractivity contribution in [2.24, 2.45) is 0 Å². The van der Waals surface area contributed by atoms with Gasteiger partial charge >= 0.3 is 0 Å². The molecule has 1 unspecified atom stereocenters. The van der Waals surface area contributed by atoms with Gasteiger partial charge in [-0.3, -0.25) is 14.9 Å². The molecule has 0 aromatic heterocycles. The number of aromatic hydroxyl groups is 1. The Bertz CT molecular complexity index is 459. The van der Waals surface area contributed by atoms with Gasteiger partial charge in [-0.05, 0) is 19.4 Å². The van der Waals surface area contributed by atoms with Crippen LogP contribution < -0.4 is 5.32 Å². The summed E-state index contributed by atoms with van der Waals surface area (Å²) < 4.78 is 0. The zero-order valence-electron chi connectivity index (χ0n) is 9.79. The van der Waals surface area contributed by atoms with Crippen molar-refractivity contribution in [3.63, 3.8) is 0 Å². The maximum atomic E-state index is 11.4. The fraction of sp³-hybridized carbons (Fsp3) is 0.364. The first-order valence-corrected chi connectivity index (χ1v) is 5.35. The molecule has 0 fully saturated rings. The zero-order valence-corrected chi connectivity index (χ0v) is 9.79. The highest BCUT2D eigenvalue weighted by atomic mass is 16.6. The Morgan fingerprint density at radius 3 is 2.78 bits per heavy atom. The van der Waals surface area contributed by atoms with Gasteiger partial charge in [0.25, 0.3) is 5.69 Å². The van der Waals surface area contributed by atoms with E-state index in [2.05, 4.69) is 5.32 Å². The molecule has 3 N–H and O–H groups in total. The number of non-ortho nitro benzene ring substituents is 1. The van der Waals surface area contributed by atoms with Crippen LogP contribution >= 0.6 is 0 Å². The summed E-state index contributed by atoms with van der Waals surface area (Å²) in [6, 6.07) is 3.36. The molecule has 1 aromatic rings. The van der Waals surface area contributed by atoms with Crippen molar-refractivity contribution in [2.45, 2.75) is 25.9 Å². The molecule has 0 spiro atoms. The summed E-state index contributed by atoms with van der Waals surface area (Å²) in [6.07, 6.45) is -0.254. The van der Waals surface area contributed by atoms with Gasteiger partial charge in [0.2, 0.25) is 5.91 Å². The third kappa shape index (κ3) is 4.02. The second kappa shape index (κ2) is 5.97. The highest BCUT2D eigenvalue weighted by molar-refractivity contribution is 5.92. The molecular formula is C11H14N2O5. The maximum absolute atomic E-state index is 11.4. The molecule has 1 aromatic carbocycles. The largest absolute Gasteiger partial charge is 0.506 e. The summed E-state index contributed by atoms with van der Waals surface area (Å²) in [5.41, 5.74) is -0.238. The second-order valence-corrected chi connectivity index (χ2v) is 3.89. The Morgan fingerprint density at radius 2 is 2.22 bits per heavy atom. The van der Waals surface area contributed by atoms with E-state index in [-0.39, 0.29) is 30.0 Å². The molecule has 0 heterocycles. The lowest BCUT2D eigenvalue weighted by atomic mass is 10.2. The van der Waals surface area contributed by atoms with E-state index < -0.39 is 16.9 Å². The van der Waals surface area contributed by atoms with Crippen LogP contribution in [0.4, 0.5) is 11.4 Å². The van der Waals surface area contributed by atoms with Crippen LogP contribution in [0.2, 0.25) is 0 Å². The van der Waals surface area contributed by atoms with Crippen molar-refractivity contribution in [1.82, 2.24) is 0 Å². The van der Waals surface area contributed by atoms with Gasteiger partial charge in [0.15, 0.2) is 0 Å². The first kappa shape index (κ1) is 13.9. The lowest BCUT2D eigenvalue weighted by Crippen LogP contribution is -2.14. The smallest absolute Gasteiger partial charge is 0.271 e. The Kier molecular flexibility index (Phi) is 4.61. The van der Waals surface area contributed by atoms with Gasteiger partial charge in [0.05, 0.1) is 16.7 Å². The molecule has 0 bridgehead atoms. The molecule has 18 heavy (non-hydrogen) atoms. The Morgan fingerprint density at radius 1 is 1.56 bits per heavy atom. The van der Waals surface area contributed by atoms with E-state index in [0.29, 0.717) is 0 Å². The first-order valence-electron chi connectivity index (χ1n) is 5.35. The number of nitro groups is 1. The average Bonchev–Trinajstić information content (AvgIpc) is 2.29. The molecule has 7 nitrogen and oxygen atoms in total. The molecule has 0 radical (unpaired) electrons. The minimum absolute atomic E-state index is 0.0141. The number of phenols is 1. The van der Waals surface area contributed by atoms with Crippen molar-refractivity contribution in [3.8, 4) is 5.75 Å². The lowest BCUT2D eigenvalue weighted by molar-refractivity contribution is -0.384. The molecule has 98 valence electrons. The third-order valence-corrected chi connectivity index (χ3v) is 2.25. The Labute approximate surface area is 103 Å². The zero-order chi connectivity index (χ0) is 13.7. The number of phenolic OH excluding ortho intramolecular Hbond substituents is 1. The number of nitrogens with zero attached hydrogens (tertiary/aromatic N) is 1. The predicted molar refractivity (Wildman–Crippen MR) is 64.3 cm³/mol. The van der Waals surface area contributed by atoms with Crippen LogP contribution in [0.5, 0.6) is 5.75 Å². The quantitative estimate of drug-likeness (QED) is 0.417. The fourth-order valence-electron chi connectivity index (χ4n) is 1.29. The number of aliphatic hydroxyl groups is 1. The SMILES string of the molecule is CC(O)CCC(=O)Nc1cc([N+](=O)[O-])ccc1O. The number of nitrogens with one attached hydrogen (secondary N) is 1. The topological polar surface area (TPSA) is 113 Å². The Hall–Kier alpha value is -2.15. The van der Waals surface area contributed by atoms with E-state index >= 15 is 0 Å².